The number of rotatable bonds is 6. The summed E-state index contributed by atoms with van der Waals surface area (Å²) in [6, 6.07) is 5.82. The van der Waals surface area contributed by atoms with Gasteiger partial charge in [-0.3, -0.25) is 0 Å². The second kappa shape index (κ2) is 6.38. The molecule has 1 aromatic carbocycles. The standard InChI is InChI=1S/C13H20BrNO2/c1-3-6-13(16,9-15)8-10-4-5-12(17-2)11(14)7-10/h4-5,7,16H,3,6,8-9,15H2,1-2H3. The SMILES string of the molecule is CCCC(O)(CN)Cc1ccc(OC)c(Br)c1. The lowest BCUT2D eigenvalue weighted by atomic mass is 9.90. The third-order valence-corrected chi connectivity index (χ3v) is 3.46. The third kappa shape index (κ3) is 3.98. The van der Waals surface area contributed by atoms with Crippen molar-refractivity contribution in [2.45, 2.75) is 31.8 Å². The quantitative estimate of drug-likeness (QED) is 0.849. The van der Waals surface area contributed by atoms with E-state index >= 15 is 0 Å². The van der Waals surface area contributed by atoms with Crippen LogP contribution >= 0.6 is 15.9 Å². The van der Waals surface area contributed by atoms with Crippen LogP contribution in [0.25, 0.3) is 0 Å². The topological polar surface area (TPSA) is 55.5 Å². The van der Waals surface area contributed by atoms with Gasteiger partial charge in [0.25, 0.3) is 0 Å². The van der Waals surface area contributed by atoms with Crippen LogP contribution in [-0.4, -0.2) is 24.4 Å². The highest BCUT2D eigenvalue weighted by atomic mass is 79.9. The van der Waals surface area contributed by atoms with E-state index in [1.165, 1.54) is 0 Å². The van der Waals surface area contributed by atoms with Crippen molar-refractivity contribution in [1.29, 1.82) is 0 Å². The molecule has 0 amide bonds. The van der Waals surface area contributed by atoms with Crippen molar-refractivity contribution in [1.82, 2.24) is 0 Å². The molecule has 0 bridgehead atoms. The lowest BCUT2D eigenvalue weighted by Crippen LogP contribution is -2.39. The Balaban J connectivity index is 2.83. The largest absolute Gasteiger partial charge is 0.496 e. The number of ether oxygens (including phenoxy) is 1. The fourth-order valence-electron chi connectivity index (χ4n) is 1.93. The van der Waals surface area contributed by atoms with Gasteiger partial charge in [-0.1, -0.05) is 19.4 Å². The monoisotopic (exact) mass is 301 g/mol. The van der Waals surface area contributed by atoms with Crippen LogP contribution in [0.15, 0.2) is 22.7 Å². The maximum Gasteiger partial charge on any atom is 0.133 e. The van der Waals surface area contributed by atoms with E-state index in [-0.39, 0.29) is 6.54 Å². The van der Waals surface area contributed by atoms with Crippen LogP contribution in [0.4, 0.5) is 0 Å². The highest BCUT2D eigenvalue weighted by Gasteiger charge is 2.24. The van der Waals surface area contributed by atoms with Gasteiger partial charge < -0.3 is 15.6 Å². The predicted octanol–water partition coefficient (Wildman–Crippen LogP) is 2.49. The molecule has 3 N–H and O–H groups in total. The Kier molecular flexibility index (Phi) is 5.43. The van der Waals surface area contributed by atoms with E-state index in [1.54, 1.807) is 7.11 Å². The van der Waals surface area contributed by atoms with Crippen LogP contribution in [0.5, 0.6) is 5.75 Å². The molecule has 0 aliphatic carbocycles. The van der Waals surface area contributed by atoms with E-state index in [4.69, 9.17) is 10.5 Å². The van der Waals surface area contributed by atoms with Crippen LogP contribution in [0.1, 0.15) is 25.3 Å². The highest BCUT2D eigenvalue weighted by Crippen LogP contribution is 2.28. The van der Waals surface area contributed by atoms with Gasteiger partial charge in [-0.15, -0.1) is 0 Å². The number of halogens is 1. The summed E-state index contributed by atoms with van der Waals surface area (Å²) in [5.74, 6) is 0.792. The molecular weight excluding hydrogens is 282 g/mol. The van der Waals surface area contributed by atoms with E-state index in [9.17, 15) is 5.11 Å². The average molecular weight is 302 g/mol. The van der Waals surface area contributed by atoms with Crippen molar-refractivity contribution in [3.63, 3.8) is 0 Å². The second-order valence-corrected chi connectivity index (χ2v) is 5.18. The van der Waals surface area contributed by atoms with Crippen LogP contribution < -0.4 is 10.5 Å². The number of aliphatic hydroxyl groups is 1. The maximum atomic E-state index is 10.3. The van der Waals surface area contributed by atoms with Gasteiger partial charge >= 0.3 is 0 Å². The molecule has 4 heteroatoms. The zero-order valence-electron chi connectivity index (χ0n) is 10.4. The number of hydrogen-bond donors (Lipinski definition) is 2. The van der Waals surface area contributed by atoms with Gasteiger partial charge in [-0.2, -0.15) is 0 Å². The normalized spacial score (nSPS) is 14.4. The molecule has 0 aliphatic heterocycles. The summed E-state index contributed by atoms with van der Waals surface area (Å²) in [5, 5.41) is 10.3. The van der Waals surface area contributed by atoms with Crippen LogP contribution in [0.3, 0.4) is 0 Å². The van der Waals surface area contributed by atoms with E-state index in [1.807, 2.05) is 25.1 Å². The lowest BCUT2D eigenvalue weighted by molar-refractivity contribution is 0.0399. The molecule has 1 unspecified atom stereocenters. The molecule has 17 heavy (non-hydrogen) atoms. The first kappa shape index (κ1) is 14.5. The van der Waals surface area contributed by atoms with Gasteiger partial charge in [0.2, 0.25) is 0 Å². The van der Waals surface area contributed by atoms with E-state index in [0.29, 0.717) is 12.8 Å². The minimum absolute atomic E-state index is 0.282. The van der Waals surface area contributed by atoms with Crippen molar-refractivity contribution in [3.8, 4) is 5.75 Å². The second-order valence-electron chi connectivity index (χ2n) is 4.32. The smallest absolute Gasteiger partial charge is 0.133 e. The molecule has 0 saturated heterocycles. The molecule has 3 nitrogen and oxygen atoms in total. The van der Waals surface area contributed by atoms with Crippen molar-refractivity contribution in [3.05, 3.63) is 28.2 Å². The summed E-state index contributed by atoms with van der Waals surface area (Å²) in [7, 11) is 1.63. The van der Waals surface area contributed by atoms with Crippen molar-refractivity contribution >= 4 is 15.9 Å². The Morgan fingerprint density at radius 1 is 1.47 bits per heavy atom. The summed E-state index contributed by atoms with van der Waals surface area (Å²) in [4.78, 5) is 0. The van der Waals surface area contributed by atoms with E-state index in [0.717, 1.165) is 22.2 Å². The lowest BCUT2D eigenvalue weighted by Gasteiger charge is -2.26. The van der Waals surface area contributed by atoms with E-state index in [2.05, 4.69) is 15.9 Å². The zero-order valence-corrected chi connectivity index (χ0v) is 12.0. The average Bonchev–Trinajstić information content (AvgIpc) is 2.29. The molecule has 0 heterocycles. The Hall–Kier alpha value is -0.580. The summed E-state index contributed by atoms with van der Waals surface area (Å²) in [5.41, 5.74) is 5.90. The highest BCUT2D eigenvalue weighted by molar-refractivity contribution is 9.10. The minimum Gasteiger partial charge on any atom is -0.496 e. The molecule has 0 fully saturated rings. The molecule has 0 radical (unpaired) electrons. The molecule has 0 aliphatic rings. The Morgan fingerprint density at radius 3 is 2.65 bits per heavy atom. The fraction of sp³-hybridized carbons (Fsp3) is 0.538. The van der Waals surface area contributed by atoms with Gasteiger partial charge in [0.15, 0.2) is 0 Å². The molecule has 0 spiro atoms. The van der Waals surface area contributed by atoms with Gasteiger partial charge in [-0.25, -0.2) is 0 Å². The Morgan fingerprint density at radius 2 is 2.18 bits per heavy atom. The fourth-order valence-corrected chi connectivity index (χ4v) is 2.52. The Bertz CT molecular complexity index is 370. The minimum atomic E-state index is -0.803. The summed E-state index contributed by atoms with van der Waals surface area (Å²) in [6.45, 7) is 2.33. The first-order chi connectivity index (χ1) is 8.04. The maximum absolute atomic E-state index is 10.3. The number of hydrogen-bond acceptors (Lipinski definition) is 3. The van der Waals surface area contributed by atoms with Gasteiger partial charge in [0.05, 0.1) is 17.2 Å². The van der Waals surface area contributed by atoms with Crippen LogP contribution in [-0.2, 0) is 6.42 Å². The molecular formula is C13H20BrNO2. The Labute approximate surface area is 111 Å². The first-order valence-corrected chi connectivity index (χ1v) is 6.59. The van der Waals surface area contributed by atoms with Gasteiger partial charge in [0, 0.05) is 13.0 Å². The predicted molar refractivity (Wildman–Crippen MR) is 73.3 cm³/mol. The number of nitrogens with two attached hydrogens (primary N) is 1. The summed E-state index contributed by atoms with van der Waals surface area (Å²) >= 11 is 3.44. The summed E-state index contributed by atoms with van der Waals surface area (Å²) in [6.07, 6.45) is 2.21. The molecule has 96 valence electrons. The molecule has 1 rings (SSSR count). The number of methoxy groups -OCH3 is 1. The molecule has 0 saturated carbocycles. The molecule has 0 aromatic heterocycles. The molecule has 1 aromatic rings. The van der Waals surface area contributed by atoms with Crippen molar-refractivity contribution < 1.29 is 9.84 Å². The molecule has 1 atom stereocenters. The van der Waals surface area contributed by atoms with Crippen molar-refractivity contribution in [2.24, 2.45) is 5.73 Å². The van der Waals surface area contributed by atoms with Gasteiger partial charge in [-0.05, 0) is 40.0 Å². The third-order valence-electron chi connectivity index (χ3n) is 2.84. The van der Waals surface area contributed by atoms with E-state index < -0.39 is 5.60 Å². The first-order valence-electron chi connectivity index (χ1n) is 5.79. The van der Waals surface area contributed by atoms with Crippen LogP contribution in [0, 0.1) is 0 Å². The summed E-state index contributed by atoms with van der Waals surface area (Å²) < 4.78 is 6.07. The zero-order chi connectivity index (χ0) is 12.9. The number of benzene rings is 1. The van der Waals surface area contributed by atoms with Gasteiger partial charge in [0.1, 0.15) is 5.75 Å². The van der Waals surface area contributed by atoms with Crippen LogP contribution in [0.2, 0.25) is 0 Å². The van der Waals surface area contributed by atoms with Crippen molar-refractivity contribution in [2.75, 3.05) is 13.7 Å².